The fourth-order valence-electron chi connectivity index (χ4n) is 5.19. The van der Waals surface area contributed by atoms with Crippen LogP contribution in [0, 0.1) is 0 Å². The lowest BCUT2D eigenvalue weighted by molar-refractivity contribution is 0.0950. The summed E-state index contributed by atoms with van der Waals surface area (Å²) in [6, 6.07) is 4.54. The second kappa shape index (κ2) is 21.0. The maximum Gasteiger partial charge on any atom is 0.253 e. The van der Waals surface area contributed by atoms with Gasteiger partial charge in [-0.25, -0.2) is 0 Å². The number of phenols is 2. The number of carbonyl (C=O) groups excluding carboxylic acids is 1. The molecule has 0 saturated heterocycles. The average Bonchev–Trinajstić information content (AvgIpc) is 3.41. The zero-order chi connectivity index (χ0) is 33.9. The van der Waals surface area contributed by atoms with E-state index >= 15 is 0 Å². The van der Waals surface area contributed by atoms with Gasteiger partial charge in [0.05, 0.1) is 17.0 Å². The monoisotopic (exact) mass is 636 g/mol. The molecule has 0 spiro atoms. The van der Waals surface area contributed by atoms with Crippen LogP contribution >= 0.6 is 0 Å². The first-order chi connectivity index (χ1) is 22.2. The number of benzene rings is 1. The van der Waals surface area contributed by atoms with E-state index in [1.165, 1.54) is 12.1 Å². The van der Waals surface area contributed by atoms with Crippen molar-refractivity contribution in [2.75, 3.05) is 39.3 Å². The normalized spacial score (nSPS) is 13.1. The van der Waals surface area contributed by atoms with Crippen LogP contribution in [0.2, 0.25) is 0 Å². The quantitative estimate of drug-likeness (QED) is 0.0667. The number of carbonyl (C=O) groups is 1. The van der Waals surface area contributed by atoms with Gasteiger partial charge in [-0.15, -0.1) is 0 Å². The van der Waals surface area contributed by atoms with E-state index in [0.29, 0.717) is 24.2 Å². The number of phenolic OH excluding ortho intramolecular Hbond substituents is 2. The SMILES string of the molecule is C=C/C=C\C(=C/C)OCCNCCN(CCC)CCCn1cc(C(=O)NCc2ccc(O)c(O)c2)c(=C/C)/c1=C(\CC)OC(C)C. The van der Waals surface area contributed by atoms with Crippen LogP contribution in [0.5, 0.6) is 11.5 Å². The molecule has 0 aliphatic rings. The predicted molar refractivity (Wildman–Crippen MR) is 188 cm³/mol. The Balaban J connectivity index is 2.13. The topological polar surface area (TPSA) is 108 Å². The summed E-state index contributed by atoms with van der Waals surface area (Å²) in [6.07, 6.45) is 14.1. The van der Waals surface area contributed by atoms with Crippen LogP contribution in [-0.2, 0) is 22.6 Å². The molecule has 254 valence electrons. The van der Waals surface area contributed by atoms with Crippen LogP contribution in [0.3, 0.4) is 0 Å². The van der Waals surface area contributed by atoms with Crippen LogP contribution in [0.1, 0.15) is 76.7 Å². The fourth-order valence-corrected chi connectivity index (χ4v) is 5.19. The Hall–Kier alpha value is -3.95. The molecule has 0 fully saturated rings. The van der Waals surface area contributed by atoms with Gasteiger partial charge < -0.3 is 39.8 Å². The van der Waals surface area contributed by atoms with Crippen molar-refractivity contribution in [3.63, 3.8) is 0 Å². The predicted octanol–water partition coefficient (Wildman–Crippen LogP) is 4.93. The van der Waals surface area contributed by atoms with Crippen LogP contribution in [0.4, 0.5) is 0 Å². The average molecular weight is 637 g/mol. The molecule has 9 nitrogen and oxygen atoms in total. The van der Waals surface area contributed by atoms with Gasteiger partial charge >= 0.3 is 0 Å². The van der Waals surface area contributed by atoms with Crippen molar-refractivity contribution in [2.24, 2.45) is 0 Å². The largest absolute Gasteiger partial charge is 0.504 e. The van der Waals surface area contributed by atoms with E-state index in [1.54, 1.807) is 12.1 Å². The van der Waals surface area contributed by atoms with Crippen molar-refractivity contribution < 1.29 is 24.5 Å². The maximum absolute atomic E-state index is 13.5. The summed E-state index contributed by atoms with van der Waals surface area (Å²) in [6.45, 7) is 22.0. The molecule has 0 unspecified atom stereocenters. The number of hydrogen-bond acceptors (Lipinski definition) is 7. The van der Waals surface area contributed by atoms with E-state index < -0.39 is 0 Å². The summed E-state index contributed by atoms with van der Waals surface area (Å²) in [5.74, 6) is 1.09. The number of ether oxygens (including phenoxy) is 2. The van der Waals surface area contributed by atoms with Crippen molar-refractivity contribution in [1.82, 2.24) is 20.1 Å². The summed E-state index contributed by atoms with van der Waals surface area (Å²) in [5.41, 5.74) is 1.27. The zero-order valence-electron chi connectivity index (χ0n) is 28.8. The van der Waals surface area contributed by atoms with E-state index in [-0.39, 0.29) is 30.1 Å². The molecule has 9 heteroatoms. The van der Waals surface area contributed by atoms with E-state index in [0.717, 1.165) is 74.2 Å². The second-order valence-electron chi connectivity index (χ2n) is 11.3. The van der Waals surface area contributed by atoms with Gasteiger partial charge in [0, 0.05) is 50.6 Å². The highest BCUT2D eigenvalue weighted by Gasteiger charge is 2.17. The van der Waals surface area contributed by atoms with E-state index in [9.17, 15) is 15.0 Å². The molecule has 0 aliphatic heterocycles. The molecule has 1 aromatic heterocycles. The lowest BCUT2D eigenvalue weighted by Gasteiger charge is -2.22. The van der Waals surface area contributed by atoms with Gasteiger partial charge in [-0.05, 0) is 83.5 Å². The number of allylic oxidation sites excluding steroid dienone is 4. The number of amides is 1. The lowest BCUT2D eigenvalue weighted by Crippen LogP contribution is -2.37. The Bertz CT molecular complexity index is 1420. The highest BCUT2D eigenvalue weighted by molar-refractivity contribution is 5.94. The fraction of sp³-hybridized carbons (Fsp3) is 0.486. The molecule has 2 aromatic rings. The molecule has 0 saturated carbocycles. The number of aryl methyl sites for hydroxylation is 1. The molecule has 1 amide bonds. The third-order valence-corrected chi connectivity index (χ3v) is 7.35. The van der Waals surface area contributed by atoms with E-state index in [4.69, 9.17) is 9.47 Å². The second-order valence-corrected chi connectivity index (χ2v) is 11.3. The highest BCUT2D eigenvalue weighted by Crippen LogP contribution is 2.24. The first-order valence-corrected chi connectivity index (χ1v) is 16.5. The molecule has 1 aromatic carbocycles. The molecule has 2 rings (SSSR count). The summed E-state index contributed by atoms with van der Waals surface area (Å²) in [5, 5.41) is 27.7. The van der Waals surface area contributed by atoms with E-state index in [1.807, 2.05) is 58.2 Å². The van der Waals surface area contributed by atoms with Gasteiger partial charge in [0.25, 0.3) is 5.91 Å². The molecular weight excluding hydrogens is 580 g/mol. The minimum Gasteiger partial charge on any atom is -0.504 e. The molecule has 0 radical (unpaired) electrons. The minimum absolute atomic E-state index is 0.00796. The Morgan fingerprint density at radius 3 is 2.52 bits per heavy atom. The summed E-state index contributed by atoms with van der Waals surface area (Å²) < 4.78 is 14.2. The van der Waals surface area contributed by atoms with Crippen LogP contribution in [0.15, 0.2) is 61.0 Å². The lowest BCUT2D eigenvalue weighted by atomic mass is 10.2. The van der Waals surface area contributed by atoms with Crippen molar-refractivity contribution in [2.45, 2.75) is 80.0 Å². The number of aromatic hydroxyl groups is 2. The summed E-state index contributed by atoms with van der Waals surface area (Å²) >= 11 is 0. The van der Waals surface area contributed by atoms with Crippen LogP contribution in [-0.4, -0.2) is 71.0 Å². The standard InChI is InChI=1S/C37H56N4O5/c1-8-13-15-30(10-3)45-24-19-38-18-23-40(20-9-2)21-14-22-41-27-32(31(11-4)36(41)35(12-5)46-28(6)7)37(44)39-26-29-16-17-33(42)34(43)25-29/h8,10-11,13,15-17,25,27-28,38,42-43H,1,9,12,14,18-24,26H2,2-7H3,(H,39,44)/b15-13-,30-10+,31-11-,36-35-. The maximum atomic E-state index is 13.5. The number of nitrogens with one attached hydrogen (secondary N) is 2. The van der Waals surface area contributed by atoms with E-state index in [2.05, 4.69) is 40.5 Å². The Morgan fingerprint density at radius 2 is 1.89 bits per heavy atom. The van der Waals surface area contributed by atoms with Crippen molar-refractivity contribution in [1.29, 1.82) is 0 Å². The first-order valence-electron chi connectivity index (χ1n) is 16.5. The number of hydrogen-bond donors (Lipinski definition) is 4. The molecule has 0 atom stereocenters. The zero-order valence-corrected chi connectivity index (χ0v) is 28.8. The number of aromatic nitrogens is 1. The number of rotatable bonds is 21. The molecule has 0 aliphatic carbocycles. The molecular formula is C37H56N4O5. The van der Waals surface area contributed by atoms with Gasteiger partial charge in [0.1, 0.15) is 18.1 Å². The minimum atomic E-state index is -0.215. The molecule has 46 heavy (non-hydrogen) atoms. The third-order valence-electron chi connectivity index (χ3n) is 7.35. The Morgan fingerprint density at radius 1 is 1.11 bits per heavy atom. The Kier molecular flexibility index (Phi) is 17.4. The van der Waals surface area contributed by atoms with Gasteiger partial charge in [-0.2, -0.15) is 0 Å². The smallest absolute Gasteiger partial charge is 0.253 e. The van der Waals surface area contributed by atoms with Gasteiger partial charge in [-0.1, -0.05) is 44.7 Å². The third kappa shape index (κ3) is 12.4. The van der Waals surface area contributed by atoms with Gasteiger partial charge in [0.2, 0.25) is 0 Å². The van der Waals surface area contributed by atoms with Crippen molar-refractivity contribution in [3.8, 4) is 11.5 Å². The molecule has 4 N–H and O–H groups in total. The summed E-state index contributed by atoms with van der Waals surface area (Å²) in [4.78, 5) is 15.9. The van der Waals surface area contributed by atoms with Crippen molar-refractivity contribution >= 4 is 17.7 Å². The van der Waals surface area contributed by atoms with Crippen molar-refractivity contribution in [3.05, 3.63) is 82.7 Å². The van der Waals surface area contributed by atoms with Crippen LogP contribution in [0.25, 0.3) is 11.8 Å². The number of nitrogens with zero attached hydrogens (tertiary/aromatic N) is 2. The molecule has 0 bridgehead atoms. The summed E-state index contributed by atoms with van der Waals surface area (Å²) in [7, 11) is 0. The van der Waals surface area contributed by atoms with Gasteiger partial charge in [-0.3, -0.25) is 4.79 Å². The molecule has 1 heterocycles. The highest BCUT2D eigenvalue weighted by atomic mass is 16.5. The Labute approximate surface area is 275 Å². The van der Waals surface area contributed by atoms with Crippen LogP contribution < -0.4 is 21.2 Å². The van der Waals surface area contributed by atoms with Gasteiger partial charge in [0.15, 0.2) is 11.5 Å². The first kappa shape index (κ1) is 38.2.